The van der Waals surface area contributed by atoms with Crippen molar-refractivity contribution in [1.82, 2.24) is 0 Å². The van der Waals surface area contributed by atoms with Crippen molar-refractivity contribution in [1.29, 1.82) is 0 Å². The molecule has 18 heavy (non-hydrogen) atoms. The van der Waals surface area contributed by atoms with Gasteiger partial charge in [-0.15, -0.1) is 0 Å². The molecular weight excluding hydrogens is 225 g/mol. The third-order valence-electron chi connectivity index (χ3n) is 4.19. The lowest BCUT2D eigenvalue weighted by molar-refractivity contribution is 0.254. The van der Waals surface area contributed by atoms with Crippen molar-refractivity contribution in [3.63, 3.8) is 0 Å². The van der Waals surface area contributed by atoms with E-state index in [1.807, 2.05) is 19.1 Å². The van der Waals surface area contributed by atoms with Crippen LogP contribution in [-0.4, -0.2) is 6.04 Å². The number of rotatable bonds is 3. The molecule has 0 aromatic heterocycles. The van der Waals surface area contributed by atoms with Crippen molar-refractivity contribution in [2.24, 2.45) is 11.8 Å². The Morgan fingerprint density at radius 2 is 1.94 bits per heavy atom. The van der Waals surface area contributed by atoms with Gasteiger partial charge in [0, 0.05) is 11.7 Å². The Morgan fingerprint density at radius 3 is 2.61 bits per heavy atom. The first kappa shape index (κ1) is 13.4. The quantitative estimate of drug-likeness (QED) is 0.814. The van der Waals surface area contributed by atoms with Gasteiger partial charge < -0.3 is 5.32 Å². The maximum Gasteiger partial charge on any atom is 0.126 e. The van der Waals surface area contributed by atoms with E-state index in [9.17, 15) is 4.39 Å². The Labute approximate surface area is 110 Å². The third-order valence-corrected chi connectivity index (χ3v) is 4.19. The van der Waals surface area contributed by atoms with E-state index in [1.165, 1.54) is 25.7 Å². The lowest BCUT2D eigenvalue weighted by Crippen LogP contribution is -2.35. The minimum Gasteiger partial charge on any atom is -0.382 e. The average molecular weight is 249 g/mol. The normalized spacial score (nSPS) is 24.3. The fourth-order valence-electron chi connectivity index (χ4n) is 3.09. The molecule has 0 bridgehead atoms. The van der Waals surface area contributed by atoms with Gasteiger partial charge in [-0.25, -0.2) is 4.39 Å². The van der Waals surface area contributed by atoms with Crippen LogP contribution in [0.2, 0.25) is 0 Å². The average Bonchev–Trinajstić information content (AvgIpc) is 2.34. The monoisotopic (exact) mass is 249 g/mol. The van der Waals surface area contributed by atoms with Crippen LogP contribution in [0.4, 0.5) is 10.1 Å². The summed E-state index contributed by atoms with van der Waals surface area (Å²) in [5, 5.41) is 3.61. The molecule has 1 nitrogen and oxygen atoms in total. The molecule has 1 saturated carbocycles. The van der Waals surface area contributed by atoms with Crippen LogP contribution >= 0.6 is 0 Å². The standard InChI is InChI=1S/C16H24FN/c1-11(2)14-6-4-5-7-16(14)18-13-8-9-15(17)12(3)10-13/h8-11,14,16,18H,4-7H2,1-3H3. The van der Waals surface area contributed by atoms with Gasteiger partial charge in [0.1, 0.15) is 5.82 Å². The first-order valence-corrected chi connectivity index (χ1v) is 7.10. The molecule has 0 aliphatic heterocycles. The number of benzene rings is 1. The molecule has 0 saturated heterocycles. The fraction of sp³-hybridized carbons (Fsp3) is 0.625. The van der Waals surface area contributed by atoms with Crippen LogP contribution in [0, 0.1) is 24.6 Å². The smallest absolute Gasteiger partial charge is 0.126 e. The lowest BCUT2D eigenvalue weighted by atomic mass is 9.78. The molecule has 1 fully saturated rings. The Kier molecular flexibility index (Phi) is 4.26. The summed E-state index contributed by atoms with van der Waals surface area (Å²) in [6.07, 6.45) is 5.21. The molecule has 0 spiro atoms. The van der Waals surface area contributed by atoms with E-state index in [2.05, 4.69) is 19.2 Å². The highest BCUT2D eigenvalue weighted by molar-refractivity contribution is 5.47. The summed E-state index contributed by atoms with van der Waals surface area (Å²) in [7, 11) is 0. The SMILES string of the molecule is Cc1cc(NC2CCCCC2C(C)C)ccc1F. The van der Waals surface area contributed by atoms with Gasteiger partial charge in [-0.05, 0) is 55.4 Å². The van der Waals surface area contributed by atoms with Crippen LogP contribution in [0.1, 0.15) is 45.1 Å². The van der Waals surface area contributed by atoms with Crippen LogP contribution in [0.3, 0.4) is 0 Å². The number of hydrogen-bond donors (Lipinski definition) is 1. The van der Waals surface area contributed by atoms with Gasteiger partial charge >= 0.3 is 0 Å². The van der Waals surface area contributed by atoms with E-state index in [4.69, 9.17) is 0 Å². The highest BCUT2D eigenvalue weighted by atomic mass is 19.1. The molecule has 2 rings (SSSR count). The molecule has 100 valence electrons. The Hall–Kier alpha value is -1.05. The molecule has 0 amide bonds. The van der Waals surface area contributed by atoms with E-state index >= 15 is 0 Å². The first-order valence-electron chi connectivity index (χ1n) is 7.10. The van der Waals surface area contributed by atoms with Crippen molar-refractivity contribution in [3.05, 3.63) is 29.6 Å². The Morgan fingerprint density at radius 1 is 1.22 bits per heavy atom. The summed E-state index contributed by atoms with van der Waals surface area (Å²) in [5.41, 5.74) is 1.78. The van der Waals surface area contributed by atoms with Crippen molar-refractivity contribution in [2.45, 2.75) is 52.5 Å². The first-order chi connectivity index (χ1) is 8.58. The zero-order valence-corrected chi connectivity index (χ0v) is 11.7. The van der Waals surface area contributed by atoms with Gasteiger partial charge in [0.25, 0.3) is 0 Å². The number of aryl methyl sites for hydroxylation is 1. The molecule has 1 aliphatic rings. The molecule has 1 aromatic rings. The highest BCUT2D eigenvalue weighted by Crippen LogP contribution is 2.32. The van der Waals surface area contributed by atoms with Crippen LogP contribution in [0.15, 0.2) is 18.2 Å². The predicted octanol–water partition coefficient (Wildman–Crippen LogP) is 4.76. The topological polar surface area (TPSA) is 12.0 Å². The summed E-state index contributed by atoms with van der Waals surface area (Å²) >= 11 is 0. The third kappa shape index (κ3) is 3.04. The van der Waals surface area contributed by atoms with E-state index in [-0.39, 0.29) is 5.82 Å². The molecule has 0 radical (unpaired) electrons. The second kappa shape index (κ2) is 5.73. The highest BCUT2D eigenvalue weighted by Gasteiger charge is 2.27. The van der Waals surface area contributed by atoms with Gasteiger partial charge in [0.2, 0.25) is 0 Å². The van der Waals surface area contributed by atoms with E-state index < -0.39 is 0 Å². The Bertz CT molecular complexity index is 400. The van der Waals surface area contributed by atoms with Crippen molar-refractivity contribution >= 4 is 5.69 Å². The van der Waals surface area contributed by atoms with Gasteiger partial charge in [-0.3, -0.25) is 0 Å². The maximum absolute atomic E-state index is 13.3. The summed E-state index contributed by atoms with van der Waals surface area (Å²) < 4.78 is 13.3. The van der Waals surface area contributed by atoms with Crippen molar-refractivity contribution < 1.29 is 4.39 Å². The van der Waals surface area contributed by atoms with Crippen LogP contribution < -0.4 is 5.32 Å². The molecule has 0 heterocycles. The number of hydrogen-bond acceptors (Lipinski definition) is 1. The molecule has 1 aliphatic carbocycles. The molecule has 1 aromatic carbocycles. The Balaban J connectivity index is 2.08. The summed E-state index contributed by atoms with van der Waals surface area (Å²) in [4.78, 5) is 0. The second-order valence-corrected chi connectivity index (χ2v) is 5.91. The fourth-order valence-corrected chi connectivity index (χ4v) is 3.09. The molecule has 1 N–H and O–H groups in total. The molecule has 2 atom stereocenters. The largest absolute Gasteiger partial charge is 0.382 e. The predicted molar refractivity (Wildman–Crippen MR) is 75.3 cm³/mol. The molecule has 2 heteroatoms. The van der Waals surface area contributed by atoms with Gasteiger partial charge in [0.15, 0.2) is 0 Å². The number of anilines is 1. The van der Waals surface area contributed by atoms with E-state index in [0.717, 1.165) is 17.2 Å². The lowest BCUT2D eigenvalue weighted by Gasteiger charge is -2.35. The van der Waals surface area contributed by atoms with Gasteiger partial charge in [0.05, 0.1) is 0 Å². The minimum atomic E-state index is -0.121. The zero-order chi connectivity index (χ0) is 13.1. The van der Waals surface area contributed by atoms with Crippen LogP contribution in [-0.2, 0) is 0 Å². The van der Waals surface area contributed by atoms with Crippen LogP contribution in [0.25, 0.3) is 0 Å². The van der Waals surface area contributed by atoms with Gasteiger partial charge in [-0.1, -0.05) is 26.7 Å². The molecular formula is C16H24FN. The van der Waals surface area contributed by atoms with Crippen molar-refractivity contribution in [2.75, 3.05) is 5.32 Å². The number of halogens is 1. The number of nitrogens with one attached hydrogen (secondary N) is 1. The van der Waals surface area contributed by atoms with Crippen LogP contribution in [0.5, 0.6) is 0 Å². The van der Waals surface area contributed by atoms with E-state index in [0.29, 0.717) is 12.0 Å². The zero-order valence-electron chi connectivity index (χ0n) is 11.7. The summed E-state index contributed by atoms with van der Waals surface area (Å²) in [6, 6.07) is 5.88. The second-order valence-electron chi connectivity index (χ2n) is 5.91. The summed E-state index contributed by atoms with van der Waals surface area (Å²) in [6.45, 7) is 6.43. The van der Waals surface area contributed by atoms with Gasteiger partial charge in [-0.2, -0.15) is 0 Å². The molecule has 2 unspecified atom stereocenters. The summed E-state index contributed by atoms with van der Waals surface area (Å²) in [5.74, 6) is 1.33. The van der Waals surface area contributed by atoms with Crippen molar-refractivity contribution in [3.8, 4) is 0 Å². The van der Waals surface area contributed by atoms with E-state index in [1.54, 1.807) is 6.07 Å². The minimum absolute atomic E-state index is 0.121. The maximum atomic E-state index is 13.3.